The fraction of sp³-hybridized carbons (Fsp3) is 0.190. The van der Waals surface area contributed by atoms with Gasteiger partial charge in [-0.1, -0.05) is 17.7 Å². The number of benzene rings is 2. The molecule has 1 amide bonds. The van der Waals surface area contributed by atoms with Crippen LogP contribution in [0.4, 0.5) is 17.2 Å². The highest BCUT2D eigenvalue weighted by Crippen LogP contribution is 2.23. The van der Waals surface area contributed by atoms with Gasteiger partial charge in [0.25, 0.3) is 5.91 Å². The maximum absolute atomic E-state index is 12.6. The molecule has 6 nitrogen and oxygen atoms in total. The monoisotopic (exact) mass is 396 g/mol. The molecule has 0 radical (unpaired) electrons. The normalized spacial score (nSPS) is 10.4. The summed E-state index contributed by atoms with van der Waals surface area (Å²) in [6.07, 6.45) is 0. The van der Waals surface area contributed by atoms with Crippen LogP contribution in [0, 0.1) is 13.8 Å². The Morgan fingerprint density at radius 1 is 1.04 bits per heavy atom. The van der Waals surface area contributed by atoms with Crippen molar-refractivity contribution in [1.29, 1.82) is 0 Å². The van der Waals surface area contributed by atoms with Crippen LogP contribution in [0.3, 0.4) is 0 Å². The molecule has 3 aromatic rings. The summed E-state index contributed by atoms with van der Waals surface area (Å²) >= 11 is 6.17. The smallest absolute Gasteiger partial charge is 0.274 e. The van der Waals surface area contributed by atoms with Gasteiger partial charge in [0, 0.05) is 22.5 Å². The molecule has 0 atom stereocenters. The van der Waals surface area contributed by atoms with Crippen LogP contribution in [0.1, 0.15) is 28.8 Å². The first kappa shape index (κ1) is 19.6. The number of nitrogens with one attached hydrogen (secondary N) is 2. The number of carbonyl (C=O) groups excluding carboxylic acids is 1. The molecule has 0 saturated heterocycles. The van der Waals surface area contributed by atoms with Gasteiger partial charge in [-0.15, -0.1) is 0 Å². The lowest BCUT2D eigenvalue weighted by Gasteiger charge is -2.10. The van der Waals surface area contributed by atoms with E-state index >= 15 is 0 Å². The summed E-state index contributed by atoms with van der Waals surface area (Å²) in [5, 5.41) is 6.65. The Bertz CT molecular complexity index is 990. The van der Waals surface area contributed by atoms with Crippen molar-refractivity contribution in [3.05, 3.63) is 70.6 Å². The molecule has 144 valence electrons. The number of hydrogen-bond donors (Lipinski definition) is 2. The van der Waals surface area contributed by atoms with Gasteiger partial charge in [0.1, 0.15) is 23.1 Å². The predicted molar refractivity (Wildman–Crippen MR) is 112 cm³/mol. The summed E-state index contributed by atoms with van der Waals surface area (Å²) in [5.74, 6) is 1.44. The van der Waals surface area contributed by atoms with Gasteiger partial charge >= 0.3 is 0 Å². The zero-order valence-corrected chi connectivity index (χ0v) is 16.7. The maximum atomic E-state index is 12.6. The average Bonchev–Trinajstić information content (AvgIpc) is 2.66. The Morgan fingerprint density at radius 3 is 2.43 bits per heavy atom. The van der Waals surface area contributed by atoms with Gasteiger partial charge in [0.2, 0.25) is 0 Å². The number of halogens is 1. The molecule has 3 rings (SSSR count). The van der Waals surface area contributed by atoms with Gasteiger partial charge in [-0.25, -0.2) is 9.97 Å². The summed E-state index contributed by atoms with van der Waals surface area (Å²) < 4.78 is 5.40. The number of aryl methyl sites for hydroxylation is 2. The van der Waals surface area contributed by atoms with E-state index in [0.717, 1.165) is 17.0 Å². The Labute approximate surface area is 168 Å². The van der Waals surface area contributed by atoms with Crippen molar-refractivity contribution >= 4 is 34.7 Å². The van der Waals surface area contributed by atoms with E-state index in [9.17, 15) is 4.79 Å². The number of aromatic nitrogens is 2. The molecule has 1 heterocycles. The number of rotatable bonds is 6. The zero-order valence-electron chi connectivity index (χ0n) is 15.9. The first-order valence-corrected chi connectivity index (χ1v) is 9.25. The van der Waals surface area contributed by atoms with Crippen LogP contribution in [-0.4, -0.2) is 22.5 Å². The second kappa shape index (κ2) is 8.71. The highest BCUT2D eigenvalue weighted by molar-refractivity contribution is 6.31. The zero-order chi connectivity index (χ0) is 20.1. The van der Waals surface area contributed by atoms with Crippen LogP contribution >= 0.6 is 11.6 Å². The standard InChI is InChI=1S/C21H21ClN4O2/c1-4-28-17-9-7-15(8-10-17)26-21(27)19-12-20(24-14(3)23-19)25-16-6-5-13(2)18(22)11-16/h5-12H,4H2,1-3H3,(H,26,27)(H,23,24,25). The minimum atomic E-state index is -0.320. The predicted octanol–water partition coefficient (Wildman–Crippen LogP) is 5.14. The quantitative estimate of drug-likeness (QED) is 0.603. The molecule has 0 saturated carbocycles. The van der Waals surface area contributed by atoms with E-state index in [1.807, 2.05) is 32.0 Å². The lowest BCUT2D eigenvalue weighted by Crippen LogP contribution is -2.15. The SMILES string of the molecule is CCOc1ccc(NC(=O)c2cc(Nc3ccc(C)c(Cl)c3)nc(C)n2)cc1. The lowest BCUT2D eigenvalue weighted by atomic mass is 10.2. The summed E-state index contributed by atoms with van der Waals surface area (Å²) in [5.41, 5.74) is 2.69. The van der Waals surface area contributed by atoms with E-state index in [2.05, 4.69) is 20.6 Å². The third-order valence-electron chi connectivity index (χ3n) is 3.94. The van der Waals surface area contributed by atoms with Gasteiger partial charge in [0.15, 0.2) is 0 Å². The molecule has 0 aliphatic heterocycles. The van der Waals surface area contributed by atoms with Crippen molar-refractivity contribution < 1.29 is 9.53 Å². The minimum Gasteiger partial charge on any atom is -0.494 e. The highest BCUT2D eigenvalue weighted by Gasteiger charge is 2.12. The summed E-state index contributed by atoms with van der Waals surface area (Å²) in [6.45, 7) is 6.18. The number of ether oxygens (including phenoxy) is 1. The molecule has 0 aliphatic rings. The van der Waals surface area contributed by atoms with E-state index in [1.165, 1.54) is 0 Å². The number of nitrogens with zero attached hydrogens (tertiary/aromatic N) is 2. The van der Waals surface area contributed by atoms with E-state index < -0.39 is 0 Å². The van der Waals surface area contributed by atoms with Gasteiger partial charge < -0.3 is 15.4 Å². The molecular formula is C21H21ClN4O2. The molecule has 0 aliphatic carbocycles. The topological polar surface area (TPSA) is 76.1 Å². The molecular weight excluding hydrogens is 376 g/mol. The fourth-order valence-electron chi connectivity index (χ4n) is 2.56. The third kappa shape index (κ3) is 4.98. The second-order valence-electron chi connectivity index (χ2n) is 6.19. The van der Waals surface area contributed by atoms with Gasteiger partial charge in [0.05, 0.1) is 6.61 Å². The van der Waals surface area contributed by atoms with E-state index in [4.69, 9.17) is 16.3 Å². The molecule has 0 spiro atoms. The molecule has 0 unspecified atom stereocenters. The highest BCUT2D eigenvalue weighted by atomic mass is 35.5. The number of hydrogen-bond acceptors (Lipinski definition) is 5. The lowest BCUT2D eigenvalue weighted by molar-refractivity contribution is 0.102. The number of carbonyl (C=O) groups is 1. The molecule has 2 aromatic carbocycles. The third-order valence-corrected chi connectivity index (χ3v) is 4.35. The van der Waals surface area contributed by atoms with Gasteiger partial charge in [-0.3, -0.25) is 4.79 Å². The first-order chi connectivity index (χ1) is 13.4. The van der Waals surface area contributed by atoms with Crippen LogP contribution in [0.15, 0.2) is 48.5 Å². The van der Waals surface area contributed by atoms with Gasteiger partial charge in [-0.05, 0) is 62.7 Å². The van der Waals surface area contributed by atoms with Crippen LogP contribution < -0.4 is 15.4 Å². The largest absolute Gasteiger partial charge is 0.494 e. The first-order valence-electron chi connectivity index (χ1n) is 8.87. The molecule has 2 N–H and O–H groups in total. The van der Waals surface area contributed by atoms with Crippen molar-refractivity contribution in [1.82, 2.24) is 9.97 Å². The molecule has 1 aromatic heterocycles. The van der Waals surface area contributed by atoms with E-state index in [-0.39, 0.29) is 11.6 Å². The molecule has 0 fully saturated rings. The van der Waals surface area contributed by atoms with Crippen molar-refractivity contribution in [3.63, 3.8) is 0 Å². The Hall–Kier alpha value is -3.12. The van der Waals surface area contributed by atoms with Crippen molar-refractivity contribution in [2.45, 2.75) is 20.8 Å². The van der Waals surface area contributed by atoms with Crippen LogP contribution in [0.25, 0.3) is 0 Å². The van der Waals surface area contributed by atoms with Crippen molar-refractivity contribution in [2.75, 3.05) is 17.2 Å². The summed E-state index contributed by atoms with van der Waals surface area (Å²) in [7, 11) is 0. The van der Waals surface area contributed by atoms with Gasteiger partial charge in [-0.2, -0.15) is 0 Å². The van der Waals surface area contributed by atoms with Crippen LogP contribution in [-0.2, 0) is 0 Å². The Balaban J connectivity index is 1.76. The summed E-state index contributed by atoms with van der Waals surface area (Å²) in [6, 6.07) is 14.4. The molecule has 28 heavy (non-hydrogen) atoms. The number of anilines is 3. The van der Waals surface area contributed by atoms with E-state index in [1.54, 1.807) is 37.3 Å². The van der Waals surface area contributed by atoms with Crippen molar-refractivity contribution in [3.8, 4) is 5.75 Å². The Kier molecular flexibility index (Phi) is 6.11. The molecule has 0 bridgehead atoms. The average molecular weight is 397 g/mol. The van der Waals surface area contributed by atoms with E-state index in [0.29, 0.717) is 29.0 Å². The summed E-state index contributed by atoms with van der Waals surface area (Å²) in [4.78, 5) is 21.2. The second-order valence-corrected chi connectivity index (χ2v) is 6.59. The minimum absolute atomic E-state index is 0.266. The fourth-order valence-corrected chi connectivity index (χ4v) is 2.74. The van der Waals surface area contributed by atoms with Crippen LogP contribution in [0.2, 0.25) is 5.02 Å². The van der Waals surface area contributed by atoms with Crippen molar-refractivity contribution in [2.24, 2.45) is 0 Å². The Morgan fingerprint density at radius 2 is 1.75 bits per heavy atom. The molecule has 7 heteroatoms. The maximum Gasteiger partial charge on any atom is 0.274 e. The van der Waals surface area contributed by atoms with Crippen LogP contribution in [0.5, 0.6) is 5.75 Å². The number of amides is 1.